The van der Waals surface area contributed by atoms with Crippen molar-refractivity contribution < 1.29 is 19.1 Å². The minimum atomic E-state index is -1.08. The first-order valence-corrected chi connectivity index (χ1v) is 5.59. The Balaban J connectivity index is 1.95. The molecule has 1 amide bonds. The fourth-order valence-corrected chi connectivity index (χ4v) is 1.48. The van der Waals surface area contributed by atoms with Crippen molar-refractivity contribution in [3.05, 3.63) is 53.2 Å². The van der Waals surface area contributed by atoms with Gasteiger partial charge in [0.2, 0.25) is 0 Å². The van der Waals surface area contributed by atoms with Crippen molar-refractivity contribution in [3.8, 4) is 0 Å². The van der Waals surface area contributed by atoms with E-state index in [1.165, 1.54) is 12.3 Å². The molecule has 0 radical (unpaired) electrons. The molecule has 0 saturated carbocycles. The van der Waals surface area contributed by atoms with Crippen LogP contribution in [0.1, 0.15) is 32.4 Å². The molecule has 2 rings (SSSR count). The van der Waals surface area contributed by atoms with Crippen molar-refractivity contribution in [2.45, 2.75) is 13.5 Å². The monoisotopic (exact) mass is 260 g/mol. The molecule has 0 aliphatic rings. The van der Waals surface area contributed by atoms with Crippen LogP contribution in [0.15, 0.2) is 34.9 Å². The molecule has 0 aromatic carbocycles. The largest absolute Gasteiger partial charge is 0.477 e. The number of carbonyl (C=O) groups excluding carboxylic acids is 1. The molecule has 0 unspecified atom stereocenters. The Morgan fingerprint density at radius 1 is 1.32 bits per heavy atom. The van der Waals surface area contributed by atoms with Gasteiger partial charge in [0, 0.05) is 12.7 Å². The molecule has 0 fully saturated rings. The number of carbonyl (C=O) groups is 2. The van der Waals surface area contributed by atoms with Crippen molar-refractivity contribution in [2.24, 2.45) is 0 Å². The van der Waals surface area contributed by atoms with Gasteiger partial charge >= 0.3 is 5.97 Å². The number of carboxylic acids is 1. The van der Waals surface area contributed by atoms with Gasteiger partial charge in [0.25, 0.3) is 5.91 Å². The molecule has 0 aliphatic heterocycles. The minimum absolute atomic E-state index is 0.0308. The number of aryl methyl sites for hydroxylation is 1. The number of nitrogens with zero attached hydrogens (tertiary/aromatic N) is 1. The van der Waals surface area contributed by atoms with Crippen molar-refractivity contribution in [1.82, 2.24) is 10.3 Å². The minimum Gasteiger partial charge on any atom is -0.477 e. The van der Waals surface area contributed by atoms with Gasteiger partial charge in [0.1, 0.15) is 11.5 Å². The van der Waals surface area contributed by atoms with Crippen LogP contribution in [-0.2, 0) is 6.54 Å². The number of furan rings is 1. The summed E-state index contributed by atoms with van der Waals surface area (Å²) in [5.41, 5.74) is 0.679. The summed E-state index contributed by atoms with van der Waals surface area (Å²) < 4.78 is 5.18. The van der Waals surface area contributed by atoms with Crippen molar-refractivity contribution in [2.75, 3.05) is 0 Å². The van der Waals surface area contributed by atoms with Crippen LogP contribution in [0.4, 0.5) is 0 Å². The van der Waals surface area contributed by atoms with Crippen LogP contribution in [0.2, 0.25) is 0 Å². The number of amides is 1. The maximum absolute atomic E-state index is 11.7. The van der Waals surface area contributed by atoms with E-state index in [4.69, 9.17) is 9.52 Å². The summed E-state index contributed by atoms with van der Waals surface area (Å²) in [5, 5.41) is 11.4. The quantitative estimate of drug-likeness (QED) is 0.871. The average Bonchev–Trinajstić information content (AvgIpc) is 2.83. The molecule has 6 heteroatoms. The highest BCUT2D eigenvalue weighted by Gasteiger charge is 2.09. The summed E-state index contributed by atoms with van der Waals surface area (Å²) in [7, 11) is 0. The highest BCUT2D eigenvalue weighted by molar-refractivity contribution is 5.91. The molecule has 0 bridgehead atoms. The standard InChI is InChI=1S/C13H12N2O4/c1-8-2-5-11(19-8)12(16)15-7-9-3-4-10(13(17)18)14-6-9/h2-6H,7H2,1H3,(H,15,16)(H,17,18). The van der Waals surface area contributed by atoms with Crippen LogP contribution in [0.3, 0.4) is 0 Å². The molecule has 2 heterocycles. The predicted molar refractivity (Wildman–Crippen MR) is 65.8 cm³/mol. The van der Waals surface area contributed by atoms with Gasteiger partial charge in [-0.25, -0.2) is 9.78 Å². The topological polar surface area (TPSA) is 92.4 Å². The highest BCUT2D eigenvalue weighted by atomic mass is 16.4. The molecule has 2 N–H and O–H groups in total. The van der Waals surface area contributed by atoms with E-state index in [1.54, 1.807) is 25.1 Å². The first-order chi connectivity index (χ1) is 9.06. The zero-order chi connectivity index (χ0) is 13.8. The summed E-state index contributed by atoms with van der Waals surface area (Å²) in [6, 6.07) is 6.29. The molecule has 2 aromatic heterocycles. The number of nitrogens with one attached hydrogen (secondary N) is 1. The van der Waals surface area contributed by atoms with Crippen LogP contribution in [0, 0.1) is 6.92 Å². The van der Waals surface area contributed by atoms with E-state index in [-0.39, 0.29) is 23.9 Å². The number of rotatable bonds is 4. The molecule has 19 heavy (non-hydrogen) atoms. The van der Waals surface area contributed by atoms with E-state index < -0.39 is 5.97 Å². The summed E-state index contributed by atoms with van der Waals surface area (Å²) in [6.45, 7) is 2.01. The molecule has 0 spiro atoms. The Hall–Kier alpha value is -2.63. The number of aromatic carboxylic acids is 1. The summed E-state index contributed by atoms with van der Waals surface area (Å²) in [5.74, 6) is -0.498. The molecule has 0 saturated heterocycles. The molecule has 6 nitrogen and oxygen atoms in total. The maximum atomic E-state index is 11.7. The zero-order valence-corrected chi connectivity index (χ0v) is 10.2. The second-order valence-corrected chi connectivity index (χ2v) is 3.95. The van der Waals surface area contributed by atoms with Gasteiger partial charge in [0.15, 0.2) is 5.76 Å². The van der Waals surface area contributed by atoms with Gasteiger partial charge in [0.05, 0.1) is 0 Å². The summed E-state index contributed by atoms with van der Waals surface area (Å²) in [4.78, 5) is 26.1. The highest BCUT2D eigenvalue weighted by Crippen LogP contribution is 2.06. The predicted octanol–water partition coefficient (Wildman–Crippen LogP) is 1.61. The van der Waals surface area contributed by atoms with E-state index in [2.05, 4.69) is 10.3 Å². The smallest absolute Gasteiger partial charge is 0.354 e. The lowest BCUT2D eigenvalue weighted by atomic mass is 10.2. The van der Waals surface area contributed by atoms with Gasteiger partial charge in [-0.05, 0) is 30.7 Å². The first kappa shape index (κ1) is 12.8. The van der Waals surface area contributed by atoms with Gasteiger partial charge in [-0.15, -0.1) is 0 Å². The number of aromatic nitrogens is 1. The van der Waals surface area contributed by atoms with E-state index in [0.29, 0.717) is 11.3 Å². The van der Waals surface area contributed by atoms with E-state index in [9.17, 15) is 9.59 Å². The Morgan fingerprint density at radius 2 is 2.11 bits per heavy atom. The lowest BCUT2D eigenvalue weighted by molar-refractivity contribution is 0.0690. The van der Waals surface area contributed by atoms with Crippen molar-refractivity contribution in [1.29, 1.82) is 0 Å². The molecule has 0 aliphatic carbocycles. The lowest BCUT2D eigenvalue weighted by Gasteiger charge is -2.03. The molecule has 98 valence electrons. The molecular formula is C13H12N2O4. The number of hydrogen-bond donors (Lipinski definition) is 2. The number of carboxylic acid groups (broad SMARTS) is 1. The Kier molecular flexibility index (Phi) is 3.61. The maximum Gasteiger partial charge on any atom is 0.354 e. The molecule has 2 aromatic rings. The van der Waals surface area contributed by atoms with Crippen LogP contribution in [0.25, 0.3) is 0 Å². The molecule has 0 atom stereocenters. The first-order valence-electron chi connectivity index (χ1n) is 5.59. The van der Waals surface area contributed by atoms with Crippen LogP contribution in [-0.4, -0.2) is 22.0 Å². The average molecular weight is 260 g/mol. The van der Waals surface area contributed by atoms with E-state index >= 15 is 0 Å². The third-order valence-corrected chi connectivity index (χ3v) is 2.46. The summed E-state index contributed by atoms with van der Waals surface area (Å²) in [6.07, 6.45) is 1.41. The van der Waals surface area contributed by atoms with Crippen molar-refractivity contribution in [3.63, 3.8) is 0 Å². The summed E-state index contributed by atoms with van der Waals surface area (Å²) >= 11 is 0. The Morgan fingerprint density at radius 3 is 2.63 bits per heavy atom. The second kappa shape index (κ2) is 5.34. The third-order valence-electron chi connectivity index (χ3n) is 2.46. The van der Waals surface area contributed by atoms with Crippen LogP contribution < -0.4 is 5.32 Å². The van der Waals surface area contributed by atoms with Crippen LogP contribution in [0.5, 0.6) is 0 Å². The van der Waals surface area contributed by atoms with E-state index in [1.807, 2.05) is 0 Å². The third kappa shape index (κ3) is 3.19. The number of pyridine rings is 1. The normalized spacial score (nSPS) is 10.2. The van der Waals surface area contributed by atoms with Gasteiger partial charge < -0.3 is 14.8 Å². The fourth-order valence-electron chi connectivity index (χ4n) is 1.48. The van der Waals surface area contributed by atoms with Gasteiger partial charge in [-0.1, -0.05) is 6.07 Å². The van der Waals surface area contributed by atoms with Gasteiger partial charge in [-0.2, -0.15) is 0 Å². The Bertz CT molecular complexity index is 601. The van der Waals surface area contributed by atoms with Crippen molar-refractivity contribution >= 4 is 11.9 Å². The SMILES string of the molecule is Cc1ccc(C(=O)NCc2ccc(C(=O)O)nc2)o1. The zero-order valence-electron chi connectivity index (χ0n) is 10.2. The van der Waals surface area contributed by atoms with Crippen LogP contribution >= 0.6 is 0 Å². The van der Waals surface area contributed by atoms with E-state index in [0.717, 1.165) is 0 Å². The molecular weight excluding hydrogens is 248 g/mol. The Labute approximate surface area is 109 Å². The fraction of sp³-hybridized carbons (Fsp3) is 0.154. The lowest BCUT2D eigenvalue weighted by Crippen LogP contribution is -2.22. The second-order valence-electron chi connectivity index (χ2n) is 3.95. The number of hydrogen-bond acceptors (Lipinski definition) is 4. The van der Waals surface area contributed by atoms with Gasteiger partial charge in [-0.3, -0.25) is 4.79 Å².